The lowest BCUT2D eigenvalue weighted by molar-refractivity contribution is 0.0954. The van der Waals surface area contributed by atoms with Crippen LogP contribution in [0.3, 0.4) is 0 Å². The van der Waals surface area contributed by atoms with Crippen LogP contribution in [0.5, 0.6) is 11.5 Å². The van der Waals surface area contributed by atoms with Gasteiger partial charge in [-0.05, 0) is 47.9 Å². The Labute approximate surface area is 206 Å². The zero-order chi connectivity index (χ0) is 25.3. The van der Waals surface area contributed by atoms with Crippen LogP contribution in [0.25, 0.3) is 0 Å². The average molecular weight is 493 g/mol. The van der Waals surface area contributed by atoms with E-state index in [1.54, 1.807) is 6.07 Å². The molecule has 3 aromatic carbocycles. The molecule has 0 spiro atoms. The van der Waals surface area contributed by atoms with Crippen molar-refractivity contribution in [1.82, 2.24) is 9.62 Å². The van der Waals surface area contributed by atoms with Gasteiger partial charge in [0.15, 0.2) is 0 Å². The van der Waals surface area contributed by atoms with Gasteiger partial charge in [-0.25, -0.2) is 8.42 Å². The largest absolute Gasteiger partial charge is 0.495 e. The molecule has 1 N–H and O–H groups in total. The molecule has 35 heavy (non-hydrogen) atoms. The van der Waals surface area contributed by atoms with E-state index in [-0.39, 0.29) is 35.3 Å². The van der Waals surface area contributed by atoms with E-state index >= 15 is 0 Å². The molecule has 0 saturated heterocycles. The third-order valence-corrected chi connectivity index (χ3v) is 7.13. The van der Waals surface area contributed by atoms with E-state index in [4.69, 9.17) is 15.9 Å². The van der Waals surface area contributed by atoms with Crippen LogP contribution in [0.4, 0.5) is 0 Å². The van der Waals surface area contributed by atoms with Gasteiger partial charge < -0.3 is 14.8 Å². The Balaban J connectivity index is 1.68. The van der Waals surface area contributed by atoms with E-state index < -0.39 is 10.0 Å². The first-order valence-electron chi connectivity index (χ1n) is 11.0. The number of sulfonamides is 1. The van der Waals surface area contributed by atoms with Crippen molar-refractivity contribution in [2.24, 2.45) is 0 Å². The van der Waals surface area contributed by atoms with Crippen molar-refractivity contribution in [3.63, 3.8) is 0 Å². The van der Waals surface area contributed by atoms with Gasteiger partial charge >= 0.3 is 0 Å². The molecule has 0 aromatic heterocycles. The highest BCUT2D eigenvalue weighted by Crippen LogP contribution is 2.28. The number of carbonyl (C=O) groups excluding carboxylic acids is 1. The molecule has 7 nitrogen and oxygen atoms in total. The van der Waals surface area contributed by atoms with Crippen molar-refractivity contribution >= 4 is 15.9 Å². The van der Waals surface area contributed by atoms with E-state index in [9.17, 15) is 13.2 Å². The van der Waals surface area contributed by atoms with Gasteiger partial charge in [0.25, 0.3) is 5.91 Å². The number of methoxy groups -OCH3 is 1. The minimum Gasteiger partial charge on any atom is -0.495 e. The number of hydrogen-bond acceptors (Lipinski definition) is 5. The molecule has 0 fully saturated rings. The molecule has 8 heteroatoms. The van der Waals surface area contributed by atoms with Crippen molar-refractivity contribution < 1.29 is 22.7 Å². The Hall–Kier alpha value is -3.80. The smallest absolute Gasteiger partial charge is 0.251 e. The molecule has 0 unspecified atom stereocenters. The SMILES string of the molecule is C#CCOc1ccc(CCNC(=O)c2ccc(OC)c(S(=O)(=O)N(C)Cc3ccccc3)c2)cc1. The third-order valence-electron chi connectivity index (χ3n) is 5.31. The number of nitrogens with zero attached hydrogens (tertiary/aromatic N) is 1. The summed E-state index contributed by atoms with van der Waals surface area (Å²) >= 11 is 0. The van der Waals surface area contributed by atoms with Crippen LogP contribution in [0.2, 0.25) is 0 Å². The van der Waals surface area contributed by atoms with Crippen LogP contribution in [0.15, 0.2) is 77.7 Å². The Morgan fingerprint density at radius 3 is 2.40 bits per heavy atom. The highest BCUT2D eigenvalue weighted by Gasteiger charge is 2.26. The van der Waals surface area contributed by atoms with E-state index in [1.807, 2.05) is 54.6 Å². The van der Waals surface area contributed by atoms with Crippen LogP contribution in [0, 0.1) is 12.3 Å². The van der Waals surface area contributed by atoms with Gasteiger partial charge in [0.1, 0.15) is 23.0 Å². The summed E-state index contributed by atoms with van der Waals surface area (Å²) in [4.78, 5) is 12.7. The summed E-state index contributed by atoms with van der Waals surface area (Å²) in [5.41, 5.74) is 2.09. The summed E-state index contributed by atoms with van der Waals surface area (Å²) in [7, 11) is -1.01. The minimum absolute atomic E-state index is 0.0614. The van der Waals surface area contributed by atoms with Crippen LogP contribution < -0.4 is 14.8 Å². The van der Waals surface area contributed by atoms with Crippen molar-refractivity contribution in [3.05, 3.63) is 89.5 Å². The second-order valence-corrected chi connectivity index (χ2v) is 9.77. The van der Waals surface area contributed by atoms with Crippen LogP contribution >= 0.6 is 0 Å². The summed E-state index contributed by atoms with van der Waals surface area (Å²) in [6.45, 7) is 0.776. The first-order valence-corrected chi connectivity index (χ1v) is 12.4. The third kappa shape index (κ3) is 6.85. The highest BCUT2D eigenvalue weighted by atomic mass is 32.2. The standard InChI is InChI=1S/C27H28N2O5S/c1-4-18-34-24-13-10-21(11-14-24)16-17-28-27(30)23-12-15-25(33-3)26(19-23)35(31,32)29(2)20-22-8-6-5-7-9-22/h1,5-15,19H,16-18,20H2,2-3H3,(H,28,30). The predicted molar refractivity (Wildman–Crippen MR) is 135 cm³/mol. The lowest BCUT2D eigenvalue weighted by Gasteiger charge is -2.19. The van der Waals surface area contributed by atoms with Gasteiger partial charge in [0.2, 0.25) is 10.0 Å². The summed E-state index contributed by atoms with van der Waals surface area (Å²) in [6.07, 6.45) is 5.79. The number of hydrogen-bond donors (Lipinski definition) is 1. The van der Waals surface area contributed by atoms with Gasteiger partial charge in [-0.2, -0.15) is 4.31 Å². The molecule has 0 atom stereocenters. The van der Waals surface area contributed by atoms with E-state index in [0.29, 0.717) is 18.7 Å². The fourth-order valence-electron chi connectivity index (χ4n) is 3.41. The zero-order valence-corrected chi connectivity index (χ0v) is 20.5. The monoisotopic (exact) mass is 492 g/mol. The number of rotatable bonds is 11. The van der Waals surface area contributed by atoms with Crippen LogP contribution in [-0.4, -0.2) is 45.9 Å². The molecular weight excluding hydrogens is 464 g/mol. The second kappa shape index (κ2) is 12.1. The van der Waals surface area contributed by atoms with E-state index in [0.717, 1.165) is 11.1 Å². The maximum Gasteiger partial charge on any atom is 0.251 e. The summed E-state index contributed by atoms with van der Waals surface area (Å²) in [5.74, 6) is 2.90. The number of amides is 1. The zero-order valence-electron chi connectivity index (χ0n) is 19.7. The molecular formula is C27H28N2O5S. The lowest BCUT2D eigenvalue weighted by Crippen LogP contribution is -2.28. The highest BCUT2D eigenvalue weighted by molar-refractivity contribution is 7.89. The molecule has 182 valence electrons. The Morgan fingerprint density at radius 1 is 1.03 bits per heavy atom. The Kier molecular flexibility index (Phi) is 8.90. The van der Waals surface area contributed by atoms with Crippen LogP contribution in [-0.2, 0) is 23.0 Å². The molecule has 1 amide bonds. The second-order valence-electron chi connectivity index (χ2n) is 7.75. The molecule has 0 saturated carbocycles. The Bertz CT molecular complexity index is 1280. The van der Waals surface area contributed by atoms with Gasteiger partial charge in [-0.1, -0.05) is 48.4 Å². The van der Waals surface area contributed by atoms with Gasteiger partial charge in [-0.3, -0.25) is 4.79 Å². The normalized spacial score (nSPS) is 11.0. The topological polar surface area (TPSA) is 84.9 Å². The summed E-state index contributed by atoms with van der Waals surface area (Å²) < 4.78 is 38.4. The first-order chi connectivity index (χ1) is 16.8. The number of ether oxygens (including phenoxy) is 2. The maximum absolute atomic E-state index is 13.3. The van der Waals surface area contributed by atoms with E-state index in [2.05, 4.69) is 11.2 Å². The minimum atomic E-state index is -3.91. The van der Waals surface area contributed by atoms with Gasteiger partial charge in [0.05, 0.1) is 7.11 Å². The van der Waals surface area contributed by atoms with E-state index in [1.165, 1.54) is 30.6 Å². The molecule has 0 radical (unpaired) electrons. The van der Waals surface area contributed by atoms with Crippen molar-refractivity contribution in [2.75, 3.05) is 27.3 Å². The molecule has 0 aliphatic carbocycles. The first kappa shape index (κ1) is 25.8. The van der Waals surface area contributed by atoms with Gasteiger partial charge in [0, 0.05) is 25.7 Å². The molecule has 0 aliphatic heterocycles. The number of terminal acetylenes is 1. The summed E-state index contributed by atoms with van der Waals surface area (Å²) in [6, 6.07) is 21.1. The predicted octanol–water partition coefficient (Wildman–Crippen LogP) is 3.50. The molecule has 3 rings (SSSR count). The fourth-order valence-corrected chi connectivity index (χ4v) is 4.75. The average Bonchev–Trinajstić information content (AvgIpc) is 2.88. The molecule has 0 aliphatic rings. The maximum atomic E-state index is 13.3. The number of benzene rings is 3. The fraction of sp³-hybridized carbons (Fsp3) is 0.222. The number of nitrogens with one attached hydrogen (secondary N) is 1. The Morgan fingerprint density at radius 2 is 1.74 bits per heavy atom. The molecule has 3 aromatic rings. The van der Waals surface area contributed by atoms with Gasteiger partial charge in [-0.15, -0.1) is 6.42 Å². The van der Waals surface area contributed by atoms with Crippen molar-refractivity contribution in [2.45, 2.75) is 17.9 Å². The summed E-state index contributed by atoms with van der Waals surface area (Å²) in [5, 5.41) is 2.84. The van der Waals surface area contributed by atoms with Crippen molar-refractivity contribution in [1.29, 1.82) is 0 Å². The molecule has 0 heterocycles. The van der Waals surface area contributed by atoms with Crippen LogP contribution in [0.1, 0.15) is 21.5 Å². The van der Waals surface area contributed by atoms with Crippen molar-refractivity contribution in [3.8, 4) is 23.8 Å². The lowest BCUT2D eigenvalue weighted by atomic mass is 10.1. The quantitative estimate of drug-likeness (QED) is 0.414. The number of carbonyl (C=O) groups is 1. The molecule has 0 bridgehead atoms.